The van der Waals surface area contributed by atoms with E-state index in [1.54, 1.807) is 12.4 Å². The van der Waals surface area contributed by atoms with Gasteiger partial charge in [-0.3, -0.25) is 4.79 Å². The summed E-state index contributed by atoms with van der Waals surface area (Å²) in [6, 6.07) is 6.39. The van der Waals surface area contributed by atoms with E-state index >= 15 is 0 Å². The van der Waals surface area contributed by atoms with E-state index in [9.17, 15) is 14.7 Å². The van der Waals surface area contributed by atoms with Crippen LogP contribution in [0.25, 0.3) is 0 Å². The maximum atomic E-state index is 11.9. The third kappa shape index (κ3) is 6.24. The van der Waals surface area contributed by atoms with E-state index in [1.165, 1.54) is 12.0 Å². The summed E-state index contributed by atoms with van der Waals surface area (Å²) in [4.78, 5) is 35.2. The molecule has 0 spiro atoms. The van der Waals surface area contributed by atoms with Crippen molar-refractivity contribution in [1.82, 2.24) is 14.9 Å². The van der Waals surface area contributed by atoms with Crippen LogP contribution in [0.4, 0.5) is 21.9 Å². The average molecular weight is 458 g/mol. The van der Waals surface area contributed by atoms with Gasteiger partial charge in [0.05, 0.1) is 49.6 Å². The minimum absolute atomic E-state index is 0.0208. The number of hydrogen-bond acceptors (Lipinski definition) is 8. The molecular formula is C23H31N5O5. The fourth-order valence-corrected chi connectivity index (χ4v) is 3.84. The Labute approximate surface area is 193 Å². The van der Waals surface area contributed by atoms with Gasteiger partial charge in [-0.1, -0.05) is 13.0 Å². The molecule has 1 saturated heterocycles. The van der Waals surface area contributed by atoms with Crippen LogP contribution in [-0.4, -0.2) is 71.9 Å². The van der Waals surface area contributed by atoms with Crippen LogP contribution < -0.4 is 15.0 Å². The Kier molecular flexibility index (Phi) is 8.28. The first-order valence-electron chi connectivity index (χ1n) is 11.1. The lowest BCUT2D eigenvalue weighted by molar-refractivity contribution is -0.141. The van der Waals surface area contributed by atoms with Gasteiger partial charge in [0, 0.05) is 26.2 Å². The first kappa shape index (κ1) is 24.1. The van der Waals surface area contributed by atoms with Crippen molar-refractivity contribution in [2.24, 2.45) is 0 Å². The molecule has 1 aromatic heterocycles. The maximum absolute atomic E-state index is 11.9. The molecule has 33 heavy (non-hydrogen) atoms. The molecule has 1 aliphatic rings. The van der Waals surface area contributed by atoms with Crippen molar-refractivity contribution < 1.29 is 24.2 Å². The predicted octanol–water partition coefficient (Wildman–Crippen LogP) is 3.48. The molecule has 0 bridgehead atoms. The highest BCUT2D eigenvalue weighted by Gasteiger charge is 2.23. The lowest BCUT2D eigenvalue weighted by Crippen LogP contribution is -2.48. The molecule has 1 aromatic carbocycles. The largest absolute Gasteiger partial charge is 0.469 e. The van der Waals surface area contributed by atoms with Crippen molar-refractivity contribution in [1.29, 1.82) is 0 Å². The number of hydrogen-bond donors (Lipinski definition) is 2. The van der Waals surface area contributed by atoms with Crippen LogP contribution in [0.1, 0.15) is 38.2 Å². The van der Waals surface area contributed by atoms with Crippen molar-refractivity contribution >= 4 is 29.1 Å². The Balaban J connectivity index is 1.89. The molecule has 2 heterocycles. The summed E-state index contributed by atoms with van der Waals surface area (Å²) >= 11 is 0. The number of anilines is 3. The summed E-state index contributed by atoms with van der Waals surface area (Å²) in [5.74, 6) is -0.224. The fourth-order valence-electron chi connectivity index (χ4n) is 3.84. The van der Waals surface area contributed by atoms with Gasteiger partial charge >= 0.3 is 18.1 Å². The second kappa shape index (κ2) is 11.3. The first-order chi connectivity index (χ1) is 15.9. The van der Waals surface area contributed by atoms with E-state index in [0.717, 1.165) is 23.4 Å². The molecule has 178 valence electrons. The van der Waals surface area contributed by atoms with Crippen molar-refractivity contribution in [2.45, 2.75) is 32.6 Å². The second-order valence-electron chi connectivity index (χ2n) is 7.73. The molecule has 1 amide bonds. The van der Waals surface area contributed by atoms with Gasteiger partial charge in [-0.2, -0.15) is 0 Å². The number of benzene rings is 1. The number of nitrogens with zero attached hydrogens (tertiary/aromatic N) is 4. The van der Waals surface area contributed by atoms with Gasteiger partial charge in [0.25, 0.3) is 0 Å². The van der Waals surface area contributed by atoms with Crippen LogP contribution in [0.15, 0.2) is 30.6 Å². The molecule has 10 heteroatoms. The van der Waals surface area contributed by atoms with Crippen molar-refractivity contribution in [3.05, 3.63) is 36.2 Å². The summed E-state index contributed by atoms with van der Waals surface area (Å²) in [5, 5.41) is 12.6. The third-order valence-electron chi connectivity index (χ3n) is 5.70. The van der Waals surface area contributed by atoms with Gasteiger partial charge in [0.1, 0.15) is 0 Å². The Hall–Kier alpha value is -3.56. The highest BCUT2D eigenvalue weighted by molar-refractivity contribution is 5.77. The zero-order valence-electron chi connectivity index (χ0n) is 19.3. The molecule has 0 radical (unpaired) electrons. The van der Waals surface area contributed by atoms with Crippen LogP contribution in [0.5, 0.6) is 6.01 Å². The molecular weight excluding hydrogens is 426 g/mol. The molecule has 1 aliphatic heterocycles. The van der Waals surface area contributed by atoms with Crippen LogP contribution in [0, 0.1) is 0 Å². The number of esters is 1. The number of aromatic nitrogens is 2. The second-order valence-corrected chi connectivity index (χ2v) is 7.73. The van der Waals surface area contributed by atoms with E-state index in [2.05, 4.69) is 20.2 Å². The fraction of sp³-hybridized carbons (Fsp3) is 0.478. The summed E-state index contributed by atoms with van der Waals surface area (Å²) in [6.07, 6.45) is 3.50. The highest BCUT2D eigenvalue weighted by Crippen LogP contribution is 2.35. The predicted molar refractivity (Wildman–Crippen MR) is 124 cm³/mol. The lowest BCUT2D eigenvalue weighted by atomic mass is 9.92. The van der Waals surface area contributed by atoms with Gasteiger partial charge < -0.3 is 29.7 Å². The molecule has 1 fully saturated rings. The Morgan fingerprint density at radius 1 is 1.15 bits per heavy atom. The van der Waals surface area contributed by atoms with Gasteiger partial charge in [0.15, 0.2) is 0 Å². The number of rotatable bonds is 9. The summed E-state index contributed by atoms with van der Waals surface area (Å²) in [7, 11) is 1.40. The van der Waals surface area contributed by atoms with E-state index in [4.69, 9.17) is 9.47 Å². The molecule has 1 unspecified atom stereocenters. The van der Waals surface area contributed by atoms with Gasteiger partial charge in [-0.05, 0) is 37.0 Å². The van der Waals surface area contributed by atoms with Crippen LogP contribution in [-0.2, 0) is 9.53 Å². The van der Waals surface area contributed by atoms with Crippen molar-refractivity contribution in [3.63, 3.8) is 0 Å². The molecule has 3 rings (SSSR count). The Morgan fingerprint density at radius 2 is 1.85 bits per heavy atom. The Bertz CT molecular complexity index is 945. The SMILES string of the molecule is CCOc1ncc(Nc2cc(C(CC)CC(=O)OC)ccc2N2CCN(C(=O)O)CC2)cn1. The van der Waals surface area contributed by atoms with Crippen LogP contribution >= 0.6 is 0 Å². The minimum Gasteiger partial charge on any atom is -0.469 e. The minimum atomic E-state index is -0.900. The van der Waals surface area contributed by atoms with Gasteiger partial charge in [-0.25, -0.2) is 14.8 Å². The maximum Gasteiger partial charge on any atom is 0.407 e. The number of carbonyl (C=O) groups excluding carboxylic acids is 1. The van der Waals surface area contributed by atoms with E-state index in [0.29, 0.717) is 50.9 Å². The smallest absolute Gasteiger partial charge is 0.407 e. The Morgan fingerprint density at radius 3 is 2.42 bits per heavy atom. The zero-order valence-corrected chi connectivity index (χ0v) is 19.3. The number of methoxy groups -OCH3 is 1. The number of carbonyl (C=O) groups is 2. The highest BCUT2D eigenvalue weighted by atomic mass is 16.5. The van der Waals surface area contributed by atoms with Gasteiger partial charge in [-0.15, -0.1) is 0 Å². The lowest BCUT2D eigenvalue weighted by Gasteiger charge is -2.36. The molecule has 0 saturated carbocycles. The van der Waals surface area contributed by atoms with Gasteiger partial charge in [0.2, 0.25) is 0 Å². The third-order valence-corrected chi connectivity index (χ3v) is 5.70. The van der Waals surface area contributed by atoms with Crippen LogP contribution in [0.2, 0.25) is 0 Å². The first-order valence-corrected chi connectivity index (χ1v) is 11.1. The standard InChI is InChI=1S/C23H31N5O5/c1-4-16(13-21(29)32-3)17-6-7-20(27-8-10-28(11-9-27)23(30)31)19(12-17)26-18-14-24-22(25-15-18)33-5-2/h6-7,12,14-16,26H,4-5,8-11,13H2,1-3H3,(H,30,31). The van der Waals surface area contributed by atoms with E-state index < -0.39 is 6.09 Å². The van der Waals surface area contributed by atoms with E-state index in [1.807, 2.05) is 32.0 Å². The quantitative estimate of drug-likeness (QED) is 0.546. The summed E-state index contributed by atoms with van der Waals surface area (Å²) < 4.78 is 10.2. The number of piperazine rings is 1. The monoisotopic (exact) mass is 457 g/mol. The van der Waals surface area contributed by atoms with Crippen molar-refractivity contribution in [2.75, 3.05) is 50.1 Å². The number of carboxylic acid groups (broad SMARTS) is 1. The number of ether oxygens (including phenoxy) is 2. The molecule has 0 aliphatic carbocycles. The topological polar surface area (TPSA) is 117 Å². The molecule has 2 aromatic rings. The molecule has 10 nitrogen and oxygen atoms in total. The average Bonchev–Trinajstić information content (AvgIpc) is 2.83. The van der Waals surface area contributed by atoms with Crippen LogP contribution in [0.3, 0.4) is 0 Å². The normalized spacial score (nSPS) is 14.5. The molecule has 2 N–H and O–H groups in total. The van der Waals surface area contributed by atoms with Crippen molar-refractivity contribution in [3.8, 4) is 6.01 Å². The number of amides is 1. The zero-order chi connectivity index (χ0) is 23.8. The van der Waals surface area contributed by atoms with E-state index in [-0.39, 0.29) is 11.9 Å². The summed E-state index contributed by atoms with van der Waals surface area (Å²) in [6.45, 7) is 6.43. The molecule has 1 atom stereocenters. The summed E-state index contributed by atoms with van der Waals surface area (Å²) in [5.41, 5.74) is 3.50. The number of nitrogens with one attached hydrogen (secondary N) is 1.